The number of benzene rings is 1. The van der Waals surface area contributed by atoms with E-state index in [0.29, 0.717) is 50.0 Å². The number of alkyl halides is 3. The van der Waals surface area contributed by atoms with Gasteiger partial charge in [0, 0.05) is 31.7 Å². The number of nitrogens with zero attached hydrogens (tertiary/aromatic N) is 5. The van der Waals surface area contributed by atoms with Crippen LogP contribution in [0, 0.1) is 0 Å². The summed E-state index contributed by atoms with van der Waals surface area (Å²) in [5, 5.41) is 20.5. The number of hydrogen-bond acceptors (Lipinski definition) is 8. The van der Waals surface area contributed by atoms with Crippen LogP contribution in [0.4, 0.5) is 19.1 Å². The predicted octanol–water partition coefficient (Wildman–Crippen LogP) is 0.555. The number of ether oxygens (including phenoxy) is 1. The van der Waals surface area contributed by atoms with E-state index in [-0.39, 0.29) is 25.1 Å². The van der Waals surface area contributed by atoms with E-state index in [1.54, 1.807) is 0 Å². The first-order valence-corrected chi connectivity index (χ1v) is 10.2. The lowest BCUT2D eigenvalue weighted by Crippen LogP contribution is -2.52. The Kier molecular flexibility index (Phi) is 6.53. The minimum Gasteiger partial charge on any atom is -0.388 e. The fourth-order valence-electron chi connectivity index (χ4n) is 3.64. The molecule has 2 atom stereocenters. The number of carbonyl (C=O) groups excluding carboxylic acids is 1. The van der Waals surface area contributed by atoms with Gasteiger partial charge in [0.15, 0.2) is 0 Å². The van der Waals surface area contributed by atoms with Gasteiger partial charge in [-0.05, 0) is 12.1 Å². The molecule has 0 unspecified atom stereocenters. The summed E-state index contributed by atoms with van der Waals surface area (Å²) in [4.78, 5) is 20.6. The van der Waals surface area contributed by atoms with Crippen molar-refractivity contribution in [3.05, 3.63) is 36.0 Å². The highest BCUT2D eigenvalue weighted by atomic mass is 19.4. The first-order chi connectivity index (χ1) is 15.3. The van der Waals surface area contributed by atoms with Gasteiger partial charge >= 0.3 is 6.18 Å². The summed E-state index contributed by atoms with van der Waals surface area (Å²) in [6, 6.07) is 4.37. The molecule has 9 nitrogen and oxygen atoms in total. The molecule has 2 aliphatic heterocycles. The van der Waals surface area contributed by atoms with Gasteiger partial charge in [-0.1, -0.05) is 12.1 Å². The van der Waals surface area contributed by atoms with Crippen molar-refractivity contribution in [3.63, 3.8) is 0 Å². The molecule has 2 N–H and O–H groups in total. The van der Waals surface area contributed by atoms with Gasteiger partial charge in [0.25, 0.3) is 0 Å². The second kappa shape index (κ2) is 9.35. The molecule has 0 aliphatic carbocycles. The molecule has 32 heavy (non-hydrogen) atoms. The van der Waals surface area contributed by atoms with Gasteiger partial charge in [-0.25, -0.2) is 4.98 Å². The molecular weight excluding hydrogens is 429 g/mol. The molecule has 0 radical (unpaired) electrons. The first kappa shape index (κ1) is 22.4. The highest BCUT2D eigenvalue weighted by Crippen LogP contribution is 2.30. The molecule has 3 heterocycles. The Bertz CT molecular complexity index is 935. The van der Waals surface area contributed by atoms with Crippen molar-refractivity contribution in [1.82, 2.24) is 25.4 Å². The second-order valence-corrected chi connectivity index (χ2v) is 7.76. The van der Waals surface area contributed by atoms with Crippen LogP contribution in [0.2, 0.25) is 0 Å². The lowest BCUT2D eigenvalue weighted by Gasteiger charge is -2.34. The molecule has 12 heteroatoms. The quantitative estimate of drug-likeness (QED) is 0.678. The lowest BCUT2D eigenvalue weighted by molar-refractivity contribution is -0.137. The number of carbonyl (C=O) groups is 1. The summed E-state index contributed by atoms with van der Waals surface area (Å²) >= 11 is 0. The smallest absolute Gasteiger partial charge is 0.388 e. The number of hydrogen-bond donors (Lipinski definition) is 2. The summed E-state index contributed by atoms with van der Waals surface area (Å²) in [5.74, 6) is 0.216. The van der Waals surface area contributed by atoms with E-state index in [9.17, 15) is 23.1 Å². The number of halogens is 3. The van der Waals surface area contributed by atoms with Crippen LogP contribution in [-0.2, 0) is 15.7 Å². The average Bonchev–Trinajstić information content (AvgIpc) is 3.18. The van der Waals surface area contributed by atoms with Crippen LogP contribution in [-0.4, -0.2) is 89.2 Å². The van der Waals surface area contributed by atoms with Crippen LogP contribution in [0.5, 0.6) is 0 Å². The van der Waals surface area contributed by atoms with Crippen molar-refractivity contribution in [1.29, 1.82) is 0 Å². The molecule has 2 fully saturated rings. The Morgan fingerprint density at radius 2 is 1.88 bits per heavy atom. The monoisotopic (exact) mass is 452 g/mol. The van der Waals surface area contributed by atoms with E-state index < -0.39 is 17.8 Å². The maximum atomic E-state index is 12.8. The molecule has 2 saturated heterocycles. The van der Waals surface area contributed by atoms with E-state index in [0.717, 1.165) is 12.1 Å². The van der Waals surface area contributed by atoms with Gasteiger partial charge in [-0.3, -0.25) is 9.69 Å². The zero-order valence-electron chi connectivity index (χ0n) is 17.1. The molecule has 1 aromatic heterocycles. The van der Waals surface area contributed by atoms with Crippen molar-refractivity contribution in [2.24, 2.45) is 0 Å². The Balaban J connectivity index is 1.32. The Morgan fingerprint density at radius 3 is 2.50 bits per heavy atom. The van der Waals surface area contributed by atoms with Crippen LogP contribution < -0.4 is 10.2 Å². The Morgan fingerprint density at radius 1 is 1.16 bits per heavy atom. The molecule has 0 saturated carbocycles. The van der Waals surface area contributed by atoms with E-state index in [1.807, 2.05) is 9.80 Å². The van der Waals surface area contributed by atoms with Gasteiger partial charge in [-0.2, -0.15) is 18.3 Å². The highest BCUT2D eigenvalue weighted by Gasteiger charge is 2.30. The number of rotatable bonds is 5. The fraction of sp³-hybridized carbons (Fsp3) is 0.500. The summed E-state index contributed by atoms with van der Waals surface area (Å²) in [6.07, 6.45) is -3.67. The fourth-order valence-corrected chi connectivity index (χ4v) is 3.64. The largest absolute Gasteiger partial charge is 0.416 e. The third-order valence-electron chi connectivity index (χ3n) is 5.47. The maximum absolute atomic E-state index is 12.8. The Hall–Kier alpha value is -2.83. The normalized spacial score (nSPS) is 22.2. The highest BCUT2D eigenvalue weighted by molar-refractivity contribution is 5.78. The number of amides is 1. The molecule has 1 amide bonds. The summed E-state index contributed by atoms with van der Waals surface area (Å²) in [6.45, 7) is 3.09. The number of nitrogens with one attached hydrogen (secondary N) is 1. The van der Waals surface area contributed by atoms with Gasteiger partial charge in [0.2, 0.25) is 11.9 Å². The van der Waals surface area contributed by atoms with Crippen LogP contribution >= 0.6 is 0 Å². The van der Waals surface area contributed by atoms with E-state index in [1.165, 1.54) is 18.3 Å². The SMILES string of the molecule is O=C(CN1CCN(c2nncc(-c3ccc(C(F)(F)F)cc3)n2)CC1)N[C@H]1COC[C@H]1O. The van der Waals surface area contributed by atoms with E-state index in [2.05, 4.69) is 20.5 Å². The van der Waals surface area contributed by atoms with Crippen LogP contribution in [0.3, 0.4) is 0 Å². The van der Waals surface area contributed by atoms with Crippen LogP contribution in [0.1, 0.15) is 5.56 Å². The molecule has 0 bridgehead atoms. The minimum absolute atomic E-state index is 0.171. The summed E-state index contributed by atoms with van der Waals surface area (Å²) in [7, 11) is 0. The third-order valence-corrected chi connectivity index (χ3v) is 5.47. The Labute approximate surface area is 182 Å². The van der Waals surface area contributed by atoms with E-state index >= 15 is 0 Å². The zero-order valence-corrected chi connectivity index (χ0v) is 17.1. The second-order valence-electron chi connectivity index (χ2n) is 7.76. The predicted molar refractivity (Wildman–Crippen MR) is 108 cm³/mol. The molecule has 2 aliphatic rings. The van der Waals surface area contributed by atoms with Gasteiger partial charge in [0.1, 0.15) is 0 Å². The van der Waals surface area contributed by atoms with E-state index in [4.69, 9.17) is 4.74 Å². The average molecular weight is 452 g/mol. The van der Waals surface area contributed by atoms with Crippen molar-refractivity contribution in [2.45, 2.75) is 18.3 Å². The van der Waals surface area contributed by atoms with Crippen molar-refractivity contribution >= 4 is 11.9 Å². The number of aliphatic hydroxyl groups is 1. The van der Waals surface area contributed by atoms with Gasteiger partial charge < -0.3 is 20.1 Å². The number of piperazine rings is 1. The first-order valence-electron chi connectivity index (χ1n) is 10.2. The number of aliphatic hydroxyl groups excluding tert-OH is 1. The molecule has 0 spiro atoms. The van der Waals surface area contributed by atoms with Crippen LogP contribution in [0.25, 0.3) is 11.3 Å². The summed E-state index contributed by atoms with van der Waals surface area (Å²) < 4.78 is 43.4. The molecule has 172 valence electrons. The standard InChI is InChI=1S/C20H23F3N6O3/c21-20(22,23)14-3-1-13(2-4-14)15-9-24-27-19(26-15)29-7-5-28(6-8-29)10-18(31)25-16-11-32-12-17(16)30/h1-4,9,16-17,30H,5-8,10-12H2,(H,25,31)/t16-,17+/m0/s1. The van der Waals surface area contributed by atoms with Gasteiger partial charge in [0.05, 0.1) is 49.4 Å². The topological polar surface area (TPSA) is 104 Å². The molecule has 2 aromatic rings. The lowest BCUT2D eigenvalue weighted by atomic mass is 10.1. The zero-order chi connectivity index (χ0) is 22.7. The van der Waals surface area contributed by atoms with Crippen molar-refractivity contribution in [2.75, 3.05) is 50.8 Å². The van der Waals surface area contributed by atoms with Crippen molar-refractivity contribution in [3.8, 4) is 11.3 Å². The van der Waals surface area contributed by atoms with Crippen LogP contribution in [0.15, 0.2) is 30.5 Å². The maximum Gasteiger partial charge on any atom is 0.416 e. The third kappa shape index (κ3) is 5.31. The minimum atomic E-state index is -4.39. The number of anilines is 1. The van der Waals surface area contributed by atoms with Crippen molar-refractivity contribution < 1.29 is 27.8 Å². The molecular formula is C20H23F3N6O3. The molecule has 4 rings (SSSR count). The summed E-state index contributed by atoms with van der Waals surface area (Å²) in [5.41, 5.74) is 0.226. The number of aromatic nitrogens is 3. The van der Waals surface area contributed by atoms with Gasteiger partial charge in [-0.15, -0.1) is 5.10 Å². The molecule has 1 aromatic carbocycles.